The molecule has 0 unspecified atom stereocenters. The highest BCUT2D eigenvalue weighted by atomic mass is 32.1. The van der Waals surface area contributed by atoms with Crippen LogP contribution in [0.1, 0.15) is 36.1 Å². The van der Waals surface area contributed by atoms with Crippen LogP contribution >= 0.6 is 11.3 Å². The molecule has 2 aromatic heterocycles. The van der Waals surface area contributed by atoms with Crippen molar-refractivity contribution >= 4 is 33.3 Å². The monoisotopic (exact) mass is 366 g/mol. The Labute approximate surface area is 159 Å². The van der Waals surface area contributed by atoms with E-state index in [9.17, 15) is 0 Å². The van der Waals surface area contributed by atoms with Gasteiger partial charge in [0.05, 0.1) is 5.39 Å². The largest absolute Gasteiger partial charge is 0.369 e. The fraction of sp³-hybridized carbons (Fsp3) is 0.429. The van der Waals surface area contributed by atoms with Crippen LogP contribution in [0.25, 0.3) is 10.2 Å². The number of nitrogens with one attached hydrogen (secondary N) is 1. The van der Waals surface area contributed by atoms with Crippen LogP contribution in [0.5, 0.6) is 0 Å². The summed E-state index contributed by atoms with van der Waals surface area (Å²) in [6.07, 6.45) is 5.98. The van der Waals surface area contributed by atoms with Gasteiger partial charge in [-0.05, 0) is 50.7 Å². The number of piperidine rings is 1. The van der Waals surface area contributed by atoms with E-state index in [1.54, 1.807) is 11.3 Å². The summed E-state index contributed by atoms with van der Waals surface area (Å²) in [6.45, 7) is 5.22. The maximum absolute atomic E-state index is 4.89. The number of aromatic nitrogens is 2. The van der Waals surface area contributed by atoms with Crippen molar-refractivity contribution in [2.24, 2.45) is 0 Å². The van der Waals surface area contributed by atoms with Gasteiger partial charge in [0.25, 0.3) is 0 Å². The van der Waals surface area contributed by atoms with Gasteiger partial charge in [-0.25, -0.2) is 4.98 Å². The molecule has 0 spiro atoms. The minimum Gasteiger partial charge on any atom is -0.369 e. The van der Waals surface area contributed by atoms with Gasteiger partial charge in [-0.15, -0.1) is 11.3 Å². The molecule has 0 bridgehead atoms. The molecule has 0 saturated carbocycles. The lowest BCUT2D eigenvalue weighted by Crippen LogP contribution is -2.31. The summed E-state index contributed by atoms with van der Waals surface area (Å²) in [5, 5.41) is 4.74. The van der Waals surface area contributed by atoms with Crippen molar-refractivity contribution in [3.8, 4) is 0 Å². The zero-order valence-corrected chi connectivity index (χ0v) is 16.2. The maximum atomic E-state index is 4.89. The molecule has 0 radical (unpaired) electrons. The van der Waals surface area contributed by atoms with Crippen LogP contribution in [0.15, 0.2) is 36.4 Å². The highest BCUT2D eigenvalue weighted by Crippen LogP contribution is 2.31. The van der Waals surface area contributed by atoms with Crippen LogP contribution in [0.2, 0.25) is 0 Å². The zero-order valence-electron chi connectivity index (χ0n) is 15.4. The first-order chi connectivity index (χ1) is 12.8. The lowest BCUT2D eigenvalue weighted by Gasteiger charge is -2.27. The highest BCUT2D eigenvalue weighted by Gasteiger charge is 2.17. The molecular weight excluding hydrogens is 340 g/mol. The summed E-state index contributed by atoms with van der Waals surface area (Å²) in [4.78, 5) is 14.5. The van der Waals surface area contributed by atoms with Gasteiger partial charge in [0, 0.05) is 24.5 Å². The van der Waals surface area contributed by atoms with Crippen molar-refractivity contribution in [1.29, 1.82) is 0 Å². The van der Waals surface area contributed by atoms with E-state index in [0.29, 0.717) is 0 Å². The molecule has 4 rings (SSSR count). The van der Waals surface area contributed by atoms with E-state index in [1.807, 2.05) is 0 Å². The van der Waals surface area contributed by atoms with E-state index in [-0.39, 0.29) is 0 Å². The Morgan fingerprint density at radius 2 is 1.88 bits per heavy atom. The predicted octanol–water partition coefficient (Wildman–Crippen LogP) is 5.03. The van der Waals surface area contributed by atoms with Crippen LogP contribution in [0, 0.1) is 6.92 Å². The van der Waals surface area contributed by atoms with Crippen LogP contribution in [0.3, 0.4) is 0 Å². The molecule has 26 heavy (non-hydrogen) atoms. The molecule has 136 valence electrons. The number of hydrogen-bond donors (Lipinski definition) is 1. The first kappa shape index (κ1) is 17.3. The summed E-state index contributed by atoms with van der Waals surface area (Å²) in [7, 11) is 0. The van der Waals surface area contributed by atoms with Gasteiger partial charge < -0.3 is 10.2 Å². The van der Waals surface area contributed by atoms with Gasteiger partial charge in [0.1, 0.15) is 10.6 Å². The average Bonchev–Trinajstić information content (AvgIpc) is 3.07. The second-order valence-electron chi connectivity index (χ2n) is 7.01. The molecular formula is C21H26N4S. The summed E-state index contributed by atoms with van der Waals surface area (Å²) in [5.41, 5.74) is 1.39. The Balaban J connectivity index is 1.49. The molecule has 5 heteroatoms. The van der Waals surface area contributed by atoms with Crippen LogP contribution in [-0.4, -0.2) is 29.6 Å². The fourth-order valence-corrected chi connectivity index (χ4v) is 4.42. The third kappa shape index (κ3) is 3.98. The van der Waals surface area contributed by atoms with E-state index in [4.69, 9.17) is 9.97 Å². The Morgan fingerprint density at radius 3 is 2.69 bits per heavy atom. The number of rotatable bonds is 6. The van der Waals surface area contributed by atoms with Gasteiger partial charge in [-0.1, -0.05) is 30.3 Å². The van der Waals surface area contributed by atoms with Crippen LogP contribution in [0.4, 0.5) is 11.8 Å². The van der Waals surface area contributed by atoms with Crippen molar-refractivity contribution in [2.45, 2.75) is 39.0 Å². The van der Waals surface area contributed by atoms with Crippen molar-refractivity contribution in [3.05, 3.63) is 46.8 Å². The van der Waals surface area contributed by atoms with Crippen molar-refractivity contribution in [2.75, 3.05) is 29.9 Å². The zero-order chi connectivity index (χ0) is 17.8. The highest BCUT2D eigenvalue weighted by molar-refractivity contribution is 7.18. The number of aryl methyl sites for hydroxylation is 2. The molecule has 1 saturated heterocycles. The topological polar surface area (TPSA) is 41.1 Å². The lowest BCUT2D eigenvalue weighted by molar-refractivity contribution is 0.569. The van der Waals surface area contributed by atoms with Crippen LogP contribution in [-0.2, 0) is 6.42 Å². The molecule has 4 nitrogen and oxygen atoms in total. The summed E-state index contributed by atoms with van der Waals surface area (Å²) < 4.78 is 0. The molecule has 3 aromatic rings. The van der Waals surface area contributed by atoms with Crippen molar-refractivity contribution < 1.29 is 0 Å². The van der Waals surface area contributed by atoms with Gasteiger partial charge in [-0.2, -0.15) is 4.98 Å². The van der Waals surface area contributed by atoms with Gasteiger partial charge in [0.15, 0.2) is 0 Å². The first-order valence-corrected chi connectivity index (χ1v) is 10.4. The van der Waals surface area contributed by atoms with Gasteiger partial charge >= 0.3 is 0 Å². The van der Waals surface area contributed by atoms with Crippen LogP contribution < -0.4 is 10.2 Å². The summed E-state index contributed by atoms with van der Waals surface area (Å²) in [6, 6.07) is 12.9. The SMILES string of the molecule is Cc1cc2c(NCCCc3ccccc3)nc(N3CCCCC3)nc2s1. The maximum Gasteiger partial charge on any atom is 0.228 e. The minimum absolute atomic E-state index is 0.893. The van der Waals surface area contributed by atoms with E-state index in [0.717, 1.165) is 54.5 Å². The number of anilines is 2. The van der Waals surface area contributed by atoms with Crippen molar-refractivity contribution in [1.82, 2.24) is 9.97 Å². The van der Waals surface area contributed by atoms with Gasteiger partial charge in [-0.3, -0.25) is 0 Å². The molecule has 0 amide bonds. The van der Waals surface area contributed by atoms with E-state index in [2.05, 4.69) is 53.5 Å². The third-order valence-corrected chi connectivity index (χ3v) is 5.86. The Bertz CT molecular complexity index is 853. The Hall–Kier alpha value is -2.14. The Kier molecular flexibility index (Phi) is 5.34. The number of hydrogen-bond acceptors (Lipinski definition) is 5. The minimum atomic E-state index is 0.893. The number of benzene rings is 1. The smallest absolute Gasteiger partial charge is 0.228 e. The molecule has 0 aliphatic carbocycles. The lowest BCUT2D eigenvalue weighted by atomic mass is 10.1. The molecule has 1 aliphatic heterocycles. The van der Waals surface area contributed by atoms with E-state index < -0.39 is 0 Å². The predicted molar refractivity (Wildman–Crippen MR) is 111 cm³/mol. The normalized spacial score (nSPS) is 14.7. The summed E-state index contributed by atoms with van der Waals surface area (Å²) >= 11 is 1.76. The van der Waals surface area contributed by atoms with E-state index in [1.165, 1.54) is 29.7 Å². The Morgan fingerprint density at radius 1 is 1.08 bits per heavy atom. The molecule has 1 aliphatic rings. The fourth-order valence-electron chi connectivity index (χ4n) is 3.54. The van der Waals surface area contributed by atoms with E-state index >= 15 is 0 Å². The quantitative estimate of drug-likeness (QED) is 0.621. The molecule has 3 heterocycles. The average molecular weight is 367 g/mol. The number of fused-ring (bicyclic) bond motifs is 1. The summed E-state index contributed by atoms with van der Waals surface area (Å²) in [5.74, 6) is 1.89. The molecule has 0 atom stereocenters. The second kappa shape index (κ2) is 8.04. The third-order valence-electron chi connectivity index (χ3n) is 4.92. The molecule has 1 N–H and O–H groups in total. The molecule has 1 fully saturated rings. The van der Waals surface area contributed by atoms with Gasteiger partial charge in [0.2, 0.25) is 5.95 Å². The number of thiophene rings is 1. The second-order valence-corrected chi connectivity index (χ2v) is 8.25. The number of nitrogens with zero attached hydrogens (tertiary/aromatic N) is 3. The standard InChI is InChI=1S/C21H26N4S/c1-16-15-18-19(22-12-8-11-17-9-4-2-5-10-17)23-21(24-20(18)26-16)25-13-6-3-7-14-25/h2,4-5,9-10,15H,3,6-8,11-14H2,1H3,(H,22,23,24). The first-order valence-electron chi connectivity index (χ1n) is 9.60. The van der Waals surface area contributed by atoms with Crippen molar-refractivity contribution in [3.63, 3.8) is 0 Å². The molecule has 1 aromatic carbocycles.